The average molecular weight is 377 g/mol. The molecule has 0 spiro atoms. The number of nitrogens with one attached hydrogen (secondary N) is 1. The number of benzene rings is 2. The van der Waals surface area contributed by atoms with Crippen molar-refractivity contribution in [2.24, 2.45) is 5.41 Å². The summed E-state index contributed by atoms with van der Waals surface area (Å²) in [5.74, 6) is -0.121. The van der Waals surface area contributed by atoms with E-state index in [0.717, 1.165) is 17.7 Å². The minimum absolute atomic E-state index is 0.0847. The molecule has 1 N–H and O–H groups in total. The highest BCUT2D eigenvalue weighted by Crippen LogP contribution is 2.36. The molecule has 0 radical (unpaired) electrons. The number of amides is 1. The summed E-state index contributed by atoms with van der Waals surface area (Å²) in [5, 5.41) is 6.87. The van der Waals surface area contributed by atoms with Crippen molar-refractivity contribution in [2.75, 3.05) is 5.32 Å². The Morgan fingerprint density at radius 1 is 0.964 bits per heavy atom. The van der Waals surface area contributed by atoms with Gasteiger partial charge in [-0.15, -0.1) is 0 Å². The quantitative estimate of drug-likeness (QED) is 0.568. The zero-order valence-electron chi connectivity index (χ0n) is 17.2. The van der Waals surface area contributed by atoms with Crippen LogP contribution in [-0.4, -0.2) is 11.1 Å². The molecule has 1 aromatic heterocycles. The molecule has 0 saturated carbocycles. The molecule has 0 aliphatic heterocycles. The average Bonchev–Trinajstić information content (AvgIpc) is 3.11. The molecule has 4 heteroatoms. The smallest absolute Gasteiger partial charge is 0.294 e. The maximum atomic E-state index is 12.3. The number of anilines is 1. The van der Waals surface area contributed by atoms with E-state index in [-0.39, 0.29) is 22.5 Å². The van der Waals surface area contributed by atoms with Crippen LogP contribution in [0, 0.1) is 5.41 Å². The Kier molecular flexibility index (Phi) is 5.41. The van der Waals surface area contributed by atoms with Crippen molar-refractivity contribution in [1.29, 1.82) is 0 Å². The number of aromatic nitrogens is 1. The molecule has 0 atom stereocenters. The molecule has 146 valence electrons. The second-order valence-corrected chi connectivity index (χ2v) is 9.10. The minimum atomic E-state index is -0.312. The van der Waals surface area contributed by atoms with E-state index >= 15 is 0 Å². The molecule has 2 aromatic carbocycles. The summed E-state index contributed by atoms with van der Waals surface area (Å²) in [6, 6.07) is 19.3. The Bertz CT molecular complexity index is 933. The third-order valence-corrected chi connectivity index (χ3v) is 4.70. The van der Waals surface area contributed by atoms with Crippen molar-refractivity contribution < 1.29 is 9.32 Å². The van der Waals surface area contributed by atoms with E-state index in [4.69, 9.17) is 4.52 Å². The van der Waals surface area contributed by atoms with Gasteiger partial charge in [-0.25, -0.2) is 0 Å². The van der Waals surface area contributed by atoms with Gasteiger partial charge in [-0.1, -0.05) is 82.2 Å². The highest BCUT2D eigenvalue weighted by atomic mass is 16.5. The molecule has 28 heavy (non-hydrogen) atoms. The van der Waals surface area contributed by atoms with Crippen LogP contribution in [0.15, 0.2) is 65.2 Å². The molecule has 0 aliphatic rings. The van der Waals surface area contributed by atoms with Crippen LogP contribution in [0.2, 0.25) is 0 Å². The Hall–Kier alpha value is -2.88. The van der Waals surface area contributed by atoms with Crippen LogP contribution in [0.3, 0.4) is 0 Å². The Morgan fingerprint density at radius 2 is 1.61 bits per heavy atom. The normalized spacial score (nSPS) is 12.0. The summed E-state index contributed by atoms with van der Waals surface area (Å²) in [7, 11) is 0. The summed E-state index contributed by atoms with van der Waals surface area (Å²) in [6.07, 6.45) is 1.09. The van der Waals surface area contributed by atoms with E-state index in [2.05, 4.69) is 57.2 Å². The van der Waals surface area contributed by atoms with Crippen molar-refractivity contribution in [3.05, 3.63) is 72.0 Å². The first-order valence-corrected chi connectivity index (χ1v) is 9.58. The summed E-state index contributed by atoms with van der Waals surface area (Å²) < 4.78 is 5.25. The molecular formula is C24H28N2O2. The van der Waals surface area contributed by atoms with Gasteiger partial charge in [0.25, 0.3) is 5.91 Å². The van der Waals surface area contributed by atoms with E-state index in [1.165, 1.54) is 5.56 Å². The van der Waals surface area contributed by atoms with E-state index in [1.807, 2.05) is 42.5 Å². The largest absolute Gasteiger partial charge is 0.350 e. The van der Waals surface area contributed by atoms with Gasteiger partial charge < -0.3 is 9.84 Å². The van der Waals surface area contributed by atoms with Gasteiger partial charge in [-0.05, 0) is 34.9 Å². The summed E-state index contributed by atoms with van der Waals surface area (Å²) in [4.78, 5) is 12.3. The van der Waals surface area contributed by atoms with Gasteiger partial charge in [-0.2, -0.15) is 0 Å². The van der Waals surface area contributed by atoms with E-state index < -0.39 is 0 Å². The van der Waals surface area contributed by atoms with Crippen LogP contribution < -0.4 is 5.32 Å². The molecule has 1 amide bonds. The maximum absolute atomic E-state index is 12.3. The lowest BCUT2D eigenvalue weighted by Gasteiger charge is -2.33. The molecule has 3 aromatic rings. The van der Waals surface area contributed by atoms with Gasteiger partial charge in [0, 0.05) is 17.3 Å². The second kappa shape index (κ2) is 7.63. The molecule has 3 rings (SSSR count). The molecule has 4 nitrogen and oxygen atoms in total. The fourth-order valence-corrected chi connectivity index (χ4v) is 3.75. The zero-order valence-corrected chi connectivity index (χ0v) is 17.2. The van der Waals surface area contributed by atoms with Gasteiger partial charge in [0.05, 0.1) is 0 Å². The van der Waals surface area contributed by atoms with Gasteiger partial charge in [0.15, 0.2) is 0 Å². The summed E-state index contributed by atoms with van der Waals surface area (Å²) in [6.45, 7) is 11.3. The topological polar surface area (TPSA) is 55.1 Å². The second-order valence-electron chi connectivity index (χ2n) is 9.10. The van der Waals surface area contributed by atoms with Crippen LogP contribution in [0.5, 0.6) is 0 Å². The molecular weight excluding hydrogens is 348 g/mol. The van der Waals surface area contributed by atoms with Gasteiger partial charge in [0.1, 0.15) is 5.69 Å². The van der Waals surface area contributed by atoms with Gasteiger partial charge in [0.2, 0.25) is 5.76 Å². The number of para-hydroxylation sites is 1. The van der Waals surface area contributed by atoms with E-state index in [0.29, 0.717) is 5.69 Å². The number of hydrogen-bond donors (Lipinski definition) is 1. The Balaban J connectivity index is 1.74. The first-order valence-electron chi connectivity index (χ1n) is 9.58. The predicted octanol–water partition coefficient (Wildman–Crippen LogP) is 6.31. The highest BCUT2D eigenvalue weighted by Gasteiger charge is 2.27. The number of hydrogen-bond acceptors (Lipinski definition) is 3. The lowest BCUT2D eigenvalue weighted by Crippen LogP contribution is -2.24. The van der Waals surface area contributed by atoms with Crippen molar-refractivity contribution in [1.82, 2.24) is 5.16 Å². The maximum Gasteiger partial charge on any atom is 0.294 e. The standard InChI is InChI=1S/C24H28N2O2/c1-23(2,3)16-24(4,5)18-13-11-17(12-14-18)20-15-21(28-26-20)22(27)25-19-9-7-6-8-10-19/h6-15H,16H2,1-5H3,(H,25,27). The van der Waals surface area contributed by atoms with E-state index in [9.17, 15) is 4.79 Å². The molecule has 0 fully saturated rings. The van der Waals surface area contributed by atoms with Crippen LogP contribution in [0.4, 0.5) is 5.69 Å². The molecule has 0 bridgehead atoms. The monoisotopic (exact) mass is 376 g/mol. The summed E-state index contributed by atoms with van der Waals surface area (Å²) >= 11 is 0. The van der Waals surface area contributed by atoms with Gasteiger partial charge >= 0.3 is 0 Å². The summed E-state index contributed by atoms with van der Waals surface area (Å²) in [5.41, 5.74) is 3.93. The Morgan fingerprint density at radius 3 is 2.21 bits per heavy atom. The van der Waals surface area contributed by atoms with E-state index in [1.54, 1.807) is 6.07 Å². The third-order valence-electron chi connectivity index (χ3n) is 4.70. The van der Waals surface area contributed by atoms with Crippen LogP contribution in [0.25, 0.3) is 11.3 Å². The zero-order chi connectivity index (χ0) is 20.4. The fraction of sp³-hybridized carbons (Fsp3) is 0.333. The Labute approximate surface area is 167 Å². The van der Waals surface area contributed by atoms with Crippen molar-refractivity contribution in [2.45, 2.75) is 46.5 Å². The lowest BCUT2D eigenvalue weighted by molar-refractivity contribution is 0.0988. The molecule has 1 heterocycles. The SMILES string of the molecule is CC(C)(C)CC(C)(C)c1ccc(-c2cc(C(=O)Nc3ccccc3)on2)cc1. The molecule has 0 unspecified atom stereocenters. The first-order chi connectivity index (χ1) is 13.1. The van der Waals surface area contributed by atoms with Crippen molar-refractivity contribution >= 4 is 11.6 Å². The fourth-order valence-electron chi connectivity index (χ4n) is 3.75. The van der Waals surface area contributed by atoms with Crippen LogP contribution in [0.1, 0.15) is 57.2 Å². The highest BCUT2D eigenvalue weighted by molar-refractivity contribution is 6.02. The molecule has 0 saturated heterocycles. The lowest BCUT2D eigenvalue weighted by atomic mass is 9.72. The third kappa shape index (κ3) is 4.89. The van der Waals surface area contributed by atoms with Crippen molar-refractivity contribution in [3.8, 4) is 11.3 Å². The number of carbonyl (C=O) groups is 1. The molecule has 0 aliphatic carbocycles. The van der Waals surface area contributed by atoms with Crippen molar-refractivity contribution in [3.63, 3.8) is 0 Å². The number of nitrogens with zero attached hydrogens (tertiary/aromatic N) is 1. The number of carbonyl (C=O) groups excluding carboxylic acids is 1. The van der Waals surface area contributed by atoms with Gasteiger partial charge in [-0.3, -0.25) is 4.79 Å². The van der Waals surface area contributed by atoms with Crippen LogP contribution >= 0.6 is 0 Å². The number of rotatable bonds is 5. The van der Waals surface area contributed by atoms with Crippen LogP contribution in [-0.2, 0) is 5.41 Å². The predicted molar refractivity (Wildman–Crippen MR) is 113 cm³/mol. The minimum Gasteiger partial charge on any atom is -0.350 e. The first kappa shape index (κ1) is 19.9.